The summed E-state index contributed by atoms with van der Waals surface area (Å²) in [5, 5.41) is 8.64. The third kappa shape index (κ3) is 2.36. The van der Waals surface area contributed by atoms with Gasteiger partial charge in [0, 0.05) is 1.37 Å². The van der Waals surface area contributed by atoms with Crippen molar-refractivity contribution >= 4 is 5.97 Å². The van der Waals surface area contributed by atoms with Gasteiger partial charge in [-0.1, -0.05) is 30.3 Å². The molecule has 0 aliphatic carbocycles. The molecular weight excluding hydrogens is 155 g/mol. The minimum absolute atomic E-state index is 0.424. The van der Waals surface area contributed by atoms with Crippen LogP contribution in [0.5, 0.6) is 0 Å². The average molecular weight is 168 g/mol. The van der Waals surface area contributed by atoms with Crippen LogP contribution in [0.15, 0.2) is 30.3 Å². The molecule has 0 amide bonds. The molecule has 0 radical (unpaired) electrons. The zero-order chi connectivity index (χ0) is 10.8. The van der Waals surface area contributed by atoms with Gasteiger partial charge in [0.15, 0.2) is 0 Å². The molecule has 0 heterocycles. The number of benzene rings is 1. The van der Waals surface area contributed by atoms with Crippen molar-refractivity contribution in [1.82, 2.24) is 0 Å². The third-order valence-corrected chi connectivity index (χ3v) is 1.37. The fraction of sp³-hybridized carbons (Fsp3) is 0.222. The highest BCUT2D eigenvalue weighted by atomic mass is 16.5. The molecule has 0 aliphatic rings. The second kappa shape index (κ2) is 3.88. The lowest BCUT2D eigenvalue weighted by Crippen LogP contribution is -2.32. The summed E-state index contributed by atoms with van der Waals surface area (Å²) in [5.74, 6) is -1.50. The van der Waals surface area contributed by atoms with E-state index >= 15 is 0 Å². The number of carboxylic acids is 1. The quantitative estimate of drug-likeness (QED) is 0.651. The van der Waals surface area contributed by atoms with Crippen LogP contribution in [0.1, 0.15) is 8.30 Å². The fourth-order valence-electron chi connectivity index (χ4n) is 0.791. The Labute approximate surface area is 73.6 Å². The Morgan fingerprint density at radius 1 is 1.67 bits per heavy atom. The molecule has 1 rings (SSSR count). The highest BCUT2D eigenvalue weighted by Crippen LogP contribution is 2.01. The number of hydrogen-bond acceptors (Lipinski definition) is 2. The van der Waals surface area contributed by atoms with Gasteiger partial charge in [0.1, 0.15) is 6.02 Å². The first-order valence-electron chi connectivity index (χ1n) is 4.53. The van der Waals surface area contributed by atoms with Crippen molar-refractivity contribution < 1.29 is 12.6 Å². The largest absolute Gasteiger partial charge is 0.480 e. The van der Waals surface area contributed by atoms with E-state index in [2.05, 4.69) is 0 Å². The van der Waals surface area contributed by atoms with Crippen molar-refractivity contribution in [3.63, 3.8) is 0 Å². The Hall–Kier alpha value is -1.35. The van der Waals surface area contributed by atoms with E-state index in [1.807, 2.05) is 0 Å². The molecular formula is C9H11NO2. The summed E-state index contributed by atoms with van der Waals surface area (Å²) in [7, 11) is 0. The molecule has 3 N–H and O–H groups in total. The van der Waals surface area contributed by atoms with E-state index in [-0.39, 0.29) is 0 Å². The number of aliphatic carboxylic acids is 1. The molecule has 3 heteroatoms. The van der Waals surface area contributed by atoms with E-state index in [0.29, 0.717) is 5.56 Å². The first kappa shape index (κ1) is 6.20. The second-order valence-corrected chi connectivity index (χ2v) is 2.32. The lowest BCUT2D eigenvalue weighted by atomic mass is 10.1. The molecule has 0 spiro atoms. The van der Waals surface area contributed by atoms with Gasteiger partial charge in [-0.2, -0.15) is 0 Å². The van der Waals surface area contributed by atoms with Crippen LogP contribution in [0.25, 0.3) is 0 Å². The number of hydrogen-bond donors (Lipinski definition) is 2. The Morgan fingerprint density at radius 3 is 2.75 bits per heavy atom. The molecule has 1 aromatic carbocycles. The van der Waals surface area contributed by atoms with E-state index < -0.39 is 18.4 Å². The summed E-state index contributed by atoms with van der Waals surface area (Å²) in [6, 6.07) is 5.96. The van der Waals surface area contributed by atoms with Gasteiger partial charge < -0.3 is 10.8 Å². The van der Waals surface area contributed by atoms with Crippen LogP contribution in [0.2, 0.25) is 0 Å². The maximum absolute atomic E-state index is 10.6. The second-order valence-electron chi connectivity index (χ2n) is 2.32. The standard InChI is InChI=1S/C9H11NO2/c10-8(9(11)12)6-7-4-2-1-3-5-7/h1-5,8H,6,10H2,(H,11,12)/t8-/m0/s1/i6D,8D,9+1/t6-,8-. The summed E-state index contributed by atoms with van der Waals surface area (Å²) in [5.41, 5.74) is 5.64. The minimum Gasteiger partial charge on any atom is -0.480 e. The molecule has 1 aromatic rings. The monoisotopic (exact) mass is 168 g/mol. The maximum atomic E-state index is 10.6. The predicted molar refractivity (Wildman–Crippen MR) is 45.8 cm³/mol. The third-order valence-electron chi connectivity index (χ3n) is 1.37. The maximum Gasteiger partial charge on any atom is 0.320 e. The van der Waals surface area contributed by atoms with E-state index in [4.69, 9.17) is 13.6 Å². The van der Waals surface area contributed by atoms with Crippen molar-refractivity contribution in [1.29, 1.82) is 0 Å². The Kier molecular flexibility index (Phi) is 2.00. The molecule has 2 atom stereocenters. The normalized spacial score (nSPS) is 20.1. The Bertz CT molecular complexity index is 327. The minimum atomic E-state index is -2.30. The van der Waals surface area contributed by atoms with Gasteiger partial charge in [0.05, 0.1) is 1.37 Å². The van der Waals surface area contributed by atoms with E-state index in [9.17, 15) is 4.79 Å². The first-order chi connectivity index (χ1) is 6.46. The van der Waals surface area contributed by atoms with Crippen molar-refractivity contribution in [2.75, 3.05) is 0 Å². The molecule has 0 aromatic heterocycles. The number of carbonyl (C=O) groups is 1. The average Bonchev–Trinajstić information content (AvgIpc) is 2.17. The molecule has 12 heavy (non-hydrogen) atoms. The first-order valence-corrected chi connectivity index (χ1v) is 3.45. The number of nitrogens with two attached hydrogens (primary N) is 1. The molecule has 0 unspecified atom stereocenters. The van der Waals surface area contributed by atoms with Crippen LogP contribution in [0.3, 0.4) is 0 Å². The SMILES string of the molecule is [2H][C@@H](c1ccccc1)[C@]([2H])(N)[13C](=O)O. The van der Waals surface area contributed by atoms with Crippen LogP contribution in [-0.2, 0) is 11.2 Å². The topological polar surface area (TPSA) is 63.3 Å². The van der Waals surface area contributed by atoms with Gasteiger partial charge in [-0.3, -0.25) is 4.79 Å². The van der Waals surface area contributed by atoms with Gasteiger partial charge in [-0.25, -0.2) is 0 Å². The fourth-order valence-corrected chi connectivity index (χ4v) is 0.791. The lowest BCUT2D eigenvalue weighted by molar-refractivity contribution is -0.138. The van der Waals surface area contributed by atoms with Gasteiger partial charge in [0.25, 0.3) is 0 Å². The molecule has 3 nitrogen and oxygen atoms in total. The molecule has 0 saturated heterocycles. The number of rotatable bonds is 3. The van der Waals surface area contributed by atoms with Gasteiger partial charge >= 0.3 is 5.97 Å². The smallest absolute Gasteiger partial charge is 0.320 e. The van der Waals surface area contributed by atoms with E-state index in [1.165, 1.54) is 0 Å². The van der Waals surface area contributed by atoms with Crippen LogP contribution in [-0.4, -0.2) is 17.1 Å². The van der Waals surface area contributed by atoms with Crippen LogP contribution < -0.4 is 5.73 Å². The molecule has 0 aliphatic heterocycles. The van der Waals surface area contributed by atoms with Gasteiger partial charge in [0.2, 0.25) is 0 Å². The van der Waals surface area contributed by atoms with Crippen molar-refractivity contribution in [2.45, 2.75) is 12.4 Å². The van der Waals surface area contributed by atoms with Crippen LogP contribution in [0.4, 0.5) is 0 Å². The van der Waals surface area contributed by atoms with Crippen LogP contribution >= 0.6 is 0 Å². The van der Waals surface area contributed by atoms with Gasteiger partial charge in [-0.15, -0.1) is 0 Å². The number of carboxylic acid groups (broad SMARTS) is 1. The Morgan fingerprint density at radius 2 is 2.25 bits per heavy atom. The molecule has 64 valence electrons. The summed E-state index contributed by atoms with van der Waals surface area (Å²) in [4.78, 5) is 10.6. The predicted octanol–water partition coefficient (Wildman–Crippen LogP) is 0.641. The summed E-state index contributed by atoms with van der Waals surface area (Å²) < 4.78 is 14.9. The summed E-state index contributed by atoms with van der Waals surface area (Å²) in [6.07, 6.45) is -1.29. The Balaban J connectivity index is 2.96. The van der Waals surface area contributed by atoms with Crippen LogP contribution in [0, 0.1) is 0 Å². The zero-order valence-electron chi connectivity index (χ0n) is 8.40. The van der Waals surface area contributed by atoms with Crippen molar-refractivity contribution in [2.24, 2.45) is 5.73 Å². The van der Waals surface area contributed by atoms with E-state index in [1.54, 1.807) is 30.3 Å². The summed E-state index contributed by atoms with van der Waals surface area (Å²) >= 11 is 0. The van der Waals surface area contributed by atoms with Crippen molar-refractivity contribution in [3.8, 4) is 0 Å². The highest BCUT2D eigenvalue weighted by molar-refractivity contribution is 5.73. The molecule has 0 bridgehead atoms. The molecule has 0 fully saturated rings. The van der Waals surface area contributed by atoms with E-state index in [0.717, 1.165) is 0 Å². The highest BCUT2D eigenvalue weighted by Gasteiger charge is 2.10. The van der Waals surface area contributed by atoms with Gasteiger partial charge in [-0.05, 0) is 12.0 Å². The van der Waals surface area contributed by atoms with Crippen molar-refractivity contribution in [3.05, 3.63) is 35.9 Å². The lowest BCUT2D eigenvalue weighted by Gasteiger charge is -2.04. The summed E-state index contributed by atoms with van der Waals surface area (Å²) in [6.45, 7) is 0. The molecule has 0 saturated carbocycles. The zero-order valence-corrected chi connectivity index (χ0v) is 6.40.